The summed E-state index contributed by atoms with van der Waals surface area (Å²) in [5.74, 6) is 0. The summed E-state index contributed by atoms with van der Waals surface area (Å²) < 4.78 is 0.412. The number of rotatable bonds is 0. The van der Waals surface area contributed by atoms with E-state index in [-0.39, 0.29) is 10.1 Å². The lowest BCUT2D eigenvalue weighted by Crippen LogP contribution is -2.76. The van der Waals surface area contributed by atoms with Crippen LogP contribution >= 0.6 is 0 Å². The Bertz CT molecular complexity index is 246. The maximum absolute atomic E-state index is 11.4. The molecule has 1 fully saturated rings. The van der Waals surface area contributed by atoms with Gasteiger partial charge in [-0.3, -0.25) is 0 Å². The molecule has 0 atom stereocenters. The van der Waals surface area contributed by atoms with Crippen LogP contribution in [0.3, 0.4) is 0 Å². The highest BCUT2D eigenvalue weighted by Gasteiger charge is 2.74. The van der Waals surface area contributed by atoms with Gasteiger partial charge in [0, 0.05) is 0 Å². The molecule has 0 saturated carbocycles. The average Bonchev–Trinajstić information content (AvgIpc) is 2.14. The monoisotopic (exact) mass is 286 g/mol. The van der Waals surface area contributed by atoms with Crippen molar-refractivity contribution in [2.75, 3.05) is 0 Å². The predicted molar refractivity (Wildman–Crippen MR) is 87.7 cm³/mol. The van der Waals surface area contributed by atoms with E-state index >= 15 is 0 Å². The standard InChI is InChI=1S/C15H34OSi2/c1-12(2)15(7,16)13(3,4)18(10,11)14(5,6)17(12,8)9/h16H,1-11H3. The third-order valence-electron chi connectivity index (χ3n) is 8.68. The number of hydrogen-bond acceptors (Lipinski definition) is 1. The molecule has 1 nitrogen and oxygen atoms in total. The van der Waals surface area contributed by atoms with E-state index in [9.17, 15) is 5.11 Å². The molecule has 108 valence electrons. The summed E-state index contributed by atoms with van der Waals surface area (Å²) in [5.41, 5.74) is -0.582. The molecule has 0 aromatic carbocycles. The molecule has 3 heteroatoms. The van der Waals surface area contributed by atoms with Crippen molar-refractivity contribution in [3.63, 3.8) is 0 Å². The minimum Gasteiger partial charge on any atom is -0.390 e. The Hall–Kier alpha value is 0.394. The van der Waals surface area contributed by atoms with Crippen molar-refractivity contribution >= 4 is 16.1 Å². The van der Waals surface area contributed by atoms with Gasteiger partial charge in [-0.05, 0) is 21.7 Å². The summed E-state index contributed by atoms with van der Waals surface area (Å²) in [5, 5.41) is 11.4. The zero-order valence-corrected chi connectivity index (χ0v) is 16.4. The van der Waals surface area contributed by atoms with E-state index in [0.29, 0.717) is 4.66 Å². The Morgan fingerprint density at radius 2 is 0.833 bits per heavy atom. The topological polar surface area (TPSA) is 20.2 Å². The van der Waals surface area contributed by atoms with Gasteiger partial charge in [0.1, 0.15) is 0 Å². The fourth-order valence-electron chi connectivity index (χ4n) is 4.34. The quantitative estimate of drug-likeness (QED) is 0.618. The molecule has 0 unspecified atom stereocenters. The summed E-state index contributed by atoms with van der Waals surface area (Å²) in [6.07, 6.45) is 0. The van der Waals surface area contributed by atoms with E-state index in [0.717, 1.165) is 0 Å². The summed E-state index contributed by atoms with van der Waals surface area (Å²) in [6, 6.07) is 0. The molecule has 1 rings (SSSR count). The third-order valence-corrected chi connectivity index (χ3v) is 25.9. The summed E-state index contributed by atoms with van der Waals surface area (Å²) in [4.78, 5) is 0. The SMILES string of the molecule is CC1(O)C(C)(C)[Si](C)(C)C(C)(C)[Si](C)(C)C1(C)C. The molecule has 0 spiro atoms. The van der Waals surface area contributed by atoms with Crippen LogP contribution in [-0.4, -0.2) is 26.9 Å². The van der Waals surface area contributed by atoms with Crippen LogP contribution in [0.15, 0.2) is 0 Å². The van der Waals surface area contributed by atoms with Crippen LogP contribution in [0.25, 0.3) is 0 Å². The van der Waals surface area contributed by atoms with E-state index in [4.69, 9.17) is 0 Å². The first-order chi connectivity index (χ1) is 7.50. The molecule has 0 aromatic heterocycles. The molecule has 0 amide bonds. The van der Waals surface area contributed by atoms with Crippen LogP contribution in [0.2, 0.25) is 40.9 Å². The molecule has 1 aliphatic heterocycles. The fraction of sp³-hybridized carbons (Fsp3) is 1.00. The molecule has 0 aromatic rings. The van der Waals surface area contributed by atoms with Gasteiger partial charge >= 0.3 is 0 Å². The van der Waals surface area contributed by atoms with Gasteiger partial charge in [-0.15, -0.1) is 0 Å². The Balaban J connectivity index is 3.72. The molecule has 0 aliphatic carbocycles. The average molecular weight is 287 g/mol. The van der Waals surface area contributed by atoms with Crippen molar-refractivity contribution in [1.82, 2.24) is 0 Å². The molecule has 1 saturated heterocycles. The van der Waals surface area contributed by atoms with Gasteiger partial charge in [0.05, 0.1) is 21.7 Å². The molecule has 1 N–H and O–H groups in total. The van der Waals surface area contributed by atoms with Gasteiger partial charge in [0.25, 0.3) is 0 Å². The van der Waals surface area contributed by atoms with Crippen LogP contribution in [-0.2, 0) is 0 Å². The second-order valence-corrected chi connectivity index (χ2v) is 21.2. The van der Waals surface area contributed by atoms with Crippen molar-refractivity contribution < 1.29 is 5.11 Å². The second-order valence-electron chi connectivity index (χ2n) is 9.20. The third kappa shape index (κ3) is 1.31. The smallest absolute Gasteiger partial charge is 0.0674 e. The van der Waals surface area contributed by atoms with Crippen molar-refractivity contribution in [3.05, 3.63) is 0 Å². The Morgan fingerprint density at radius 3 is 1.06 bits per heavy atom. The van der Waals surface area contributed by atoms with Gasteiger partial charge in [-0.25, -0.2) is 0 Å². The predicted octanol–water partition coefficient (Wildman–Crippen LogP) is 5.05. The molecule has 1 heterocycles. The Labute approximate surface area is 116 Å². The molecular weight excluding hydrogens is 252 g/mol. The van der Waals surface area contributed by atoms with Crippen molar-refractivity contribution in [1.29, 1.82) is 0 Å². The molecule has 1 aliphatic rings. The van der Waals surface area contributed by atoms with E-state index < -0.39 is 21.7 Å². The summed E-state index contributed by atoms with van der Waals surface area (Å²) in [6.45, 7) is 26.3. The fourth-order valence-corrected chi connectivity index (χ4v) is 18.8. The van der Waals surface area contributed by atoms with Gasteiger partial charge in [0.2, 0.25) is 0 Å². The first-order valence-electron chi connectivity index (χ1n) is 7.22. The normalized spacial score (nSPS) is 34.0. The highest BCUT2D eigenvalue weighted by molar-refractivity contribution is 7.03. The van der Waals surface area contributed by atoms with Gasteiger partial charge < -0.3 is 5.11 Å². The number of hydrogen-bond donors (Lipinski definition) is 1. The largest absolute Gasteiger partial charge is 0.390 e. The molecule has 0 radical (unpaired) electrons. The highest BCUT2D eigenvalue weighted by Crippen LogP contribution is 2.75. The lowest BCUT2D eigenvalue weighted by atomic mass is 9.80. The van der Waals surface area contributed by atoms with E-state index in [1.807, 2.05) is 0 Å². The van der Waals surface area contributed by atoms with E-state index in [1.165, 1.54) is 0 Å². The first-order valence-corrected chi connectivity index (χ1v) is 13.2. The maximum atomic E-state index is 11.4. The minimum absolute atomic E-state index is 0.0233. The highest BCUT2D eigenvalue weighted by atomic mass is 28.4. The van der Waals surface area contributed by atoms with Crippen LogP contribution in [0.1, 0.15) is 48.5 Å². The van der Waals surface area contributed by atoms with Crippen molar-refractivity contribution in [2.24, 2.45) is 0 Å². The summed E-state index contributed by atoms with van der Waals surface area (Å²) in [7, 11) is -3.19. The zero-order valence-electron chi connectivity index (χ0n) is 14.4. The lowest BCUT2D eigenvalue weighted by molar-refractivity contribution is -0.0267. The molecular formula is C15H34OSi2. The zero-order chi connectivity index (χ0) is 15.0. The van der Waals surface area contributed by atoms with Crippen LogP contribution in [0.5, 0.6) is 0 Å². The van der Waals surface area contributed by atoms with Crippen LogP contribution in [0, 0.1) is 0 Å². The number of aliphatic hydroxyl groups is 1. The van der Waals surface area contributed by atoms with Gasteiger partial charge in [-0.1, -0.05) is 67.7 Å². The van der Waals surface area contributed by atoms with E-state index in [2.05, 4.69) is 74.7 Å². The van der Waals surface area contributed by atoms with Crippen LogP contribution < -0.4 is 0 Å². The maximum Gasteiger partial charge on any atom is 0.0674 e. The summed E-state index contributed by atoms with van der Waals surface area (Å²) >= 11 is 0. The Morgan fingerprint density at radius 1 is 0.611 bits per heavy atom. The van der Waals surface area contributed by atoms with Crippen molar-refractivity contribution in [3.8, 4) is 0 Å². The van der Waals surface area contributed by atoms with Crippen LogP contribution in [0.4, 0.5) is 0 Å². The van der Waals surface area contributed by atoms with Gasteiger partial charge in [-0.2, -0.15) is 0 Å². The van der Waals surface area contributed by atoms with Crippen molar-refractivity contribution in [2.45, 2.75) is 95.0 Å². The second kappa shape index (κ2) is 3.53. The van der Waals surface area contributed by atoms with E-state index in [1.54, 1.807) is 0 Å². The molecule has 18 heavy (non-hydrogen) atoms. The lowest BCUT2D eigenvalue weighted by Gasteiger charge is -2.73. The van der Waals surface area contributed by atoms with Gasteiger partial charge in [0.15, 0.2) is 0 Å². The Kier molecular flexibility index (Phi) is 3.23. The minimum atomic E-state index is -1.59. The molecule has 0 bridgehead atoms. The first kappa shape index (κ1) is 16.4.